The van der Waals surface area contributed by atoms with E-state index in [1.54, 1.807) is 17.4 Å². The molecule has 1 atom stereocenters. The molecule has 0 bridgehead atoms. The third kappa shape index (κ3) is 5.58. The van der Waals surface area contributed by atoms with Gasteiger partial charge in [0.2, 0.25) is 0 Å². The van der Waals surface area contributed by atoms with Gasteiger partial charge in [-0.15, -0.1) is 11.3 Å². The topological polar surface area (TPSA) is 51.4 Å². The predicted octanol–water partition coefficient (Wildman–Crippen LogP) is 4.30. The molecule has 1 aliphatic rings. The van der Waals surface area contributed by atoms with Crippen molar-refractivity contribution in [3.8, 4) is 0 Å². The van der Waals surface area contributed by atoms with Gasteiger partial charge in [-0.25, -0.2) is 9.37 Å². The SMILES string of the molecule is CC.Cc1ncsc1C(CN)N1CCC(OCc2cccc(F)c2)CC1. The molecule has 2 N–H and O–H groups in total. The molecule has 2 heterocycles. The fourth-order valence-corrected chi connectivity index (χ4v) is 4.20. The lowest BCUT2D eigenvalue weighted by atomic mass is 10.0. The van der Waals surface area contributed by atoms with E-state index in [1.807, 2.05) is 32.3 Å². The van der Waals surface area contributed by atoms with E-state index in [9.17, 15) is 4.39 Å². The summed E-state index contributed by atoms with van der Waals surface area (Å²) in [5.74, 6) is -0.211. The van der Waals surface area contributed by atoms with E-state index < -0.39 is 0 Å². The minimum atomic E-state index is -0.211. The number of hydrogen-bond donors (Lipinski definition) is 1. The fraction of sp³-hybridized carbons (Fsp3) is 0.550. The first kappa shape index (κ1) is 21.0. The summed E-state index contributed by atoms with van der Waals surface area (Å²) in [5.41, 5.74) is 9.88. The van der Waals surface area contributed by atoms with E-state index in [0.717, 1.165) is 37.2 Å². The molecule has 1 aromatic heterocycles. The molecule has 0 radical (unpaired) electrons. The largest absolute Gasteiger partial charge is 0.373 e. The van der Waals surface area contributed by atoms with Crippen LogP contribution < -0.4 is 5.73 Å². The lowest BCUT2D eigenvalue weighted by Crippen LogP contribution is -2.41. The molecule has 0 aliphatic carbocycles. The number of nitrogens with two attached hydrogens (primary N) is 1. The van der Waals surface area contributed by atoms with Gasteiger partial charge in [0.25, 0.3) is 0 Å². The number of nitrogens with zero attached hydrogens (tertiary/aromatic N) is 2. The van der Waals surface area contributed by atoms with Crippen LogP contribution >= 0.6 is 11.3 Å². The Labute approximate surface area is 160 Å². The molecule has 0 spiro atoms. The van der Waals surface area contributed by atoms with Gasteiger partial charge in [0.15, 0.2) is 0 Å². The quantitative estimate of drug-likeness (QED) is 0.813. The zero-order valence-electron chi connectivity index (χ0n) is 16.0. The second kappa shape index (κ2) is 10.7. The lowest BCUT2D eigenvalue weighted by Gasteiger charge is -2.36. The summed E-state index contributed by atoms with van der Waals surface area (Å²) in [7, 11) is 0. The van der Waals surface area contributed by atoms with E-state index in [-0.39, 0.29) is 18.0 Å². The number of aromatic nitrogens is 1. The predicted molar refractivity (Wildman–Crippen MR) is 106 cm³/mol. The van der Waals surface area contributed by atoms with Crippen molar-refractivity contribution in [2.75, 3.05) is 19.6 Å². The van der Waals surface area contributed by atoms with Crippen LogP contribution in [0.15, 0.2) is 29.8 Å². The lowest BCUT2D eigenvalue weighted by molar-refractivity contribution is -0.0104. The molecule has 3 rings (SSSR count). The van der Waals surface area contributed by atoms with Gasteiger partial charge in [-0.05, 0) is 37.5 Å². The van der Waals surface area contributed by atoms with Crippen LogP contribution in [0.1, 0.15) is 48.9 Å². The van der Waals surface area contributed by atoms with Crippen molar-refractivity contribution in [2.24, 2.45) is 5.73 Å². The maximum Gasteiger partial charge on any atom is 0.123 e. The Morgan fingerprint density at radius 3 is 2.65 bits per heavy atom. The average molecular weight is 380 g/mol. The van der Waals surface area contributed by atoms with Crippen molar-refractivity contribution in [3.05, 3.63) is 51.7 Å². The highest BCUT2D eigenvalue weighted by atomic mass is 32.1. The van der Waals surface area contributed by atoms with Gasteiger partial charge in [-0.3, -0.25) is 4.90 Å². The second-order valence-electron chi connectivity index (χ2n) is 6.23. The number of piperidine rings is 1. The van der Waals surface area contributed by atoms with Crippen molar-refractivity contribution in [3.63, 3.8) is 0 Å². The third-order valence-corrected chi connectivity index (χ3v) is 5.63. The first-order valence-corrected chi connectivity index (χ1v) is 10.3. The van der Waals surface area contributed by atoms with Crippen LogP contribution in [-0.4, -0.2) is 35.6 Å². The summed E-state index contributed by atoms with van der Waals surface area (Å²) in [5, 5.41) is 0. The Morgan fingerprint density at radius 2 is 2.08 bits per heavy atom. The Hall–Kier alpha value is -1.34. The molecule has 1 fully saturated rings. The van der Waals surface area contributed by atoms with Gasteiger partial charge >= 0.3 is 0 Å². The van der Waals surface area contributed by atoms with Crippen LogP contribution in [0.2, 0.25) is 0 Å². The fourth-order valence-electron chi connectivity index (χ4n) is 3.25. The molecule has 1 aromatic carbocycles. The Bertz CT molecular complexity index is 656. The number of rotatable bonds is 6. The molecule has 1 unspecified atom stereocenters. The molecule has 0 saturated carbocycles. The molecule has 144 valence electrons. The Kier molecular flexibility index (Phi) is 8.65. The van der Waals surface area contributed by atoms with Crippen molar-refractivity contribution in [1.29, 1.82) is 0 Å². The normalized spacial score (nSPS) is 16.8. The molecule has 1 aliphatic heterocycles. The summed E-state index contributed by atoms with van der Waals surface area (Å²) in [6.07, 6.45) is 2.18. The van der Waals surface area contributed by atoms with E-state index in [1.165, 1.54) is 17.0 Å². The van der Waals surface area contributed by atoms with Crippen molar-refractivity contribution in [2.45, 2.75) is 52.4 Å². The molecular weight excluding hydrogens is 349 g/mol. The monoisotopic (exact) mass is 379 g/mol. The number of likely N-dealkylation sites (tertiary alicyclic amines) is 1. The number of aryl methyl sites for hydroxylation is 1. The summed E-state index contributed by atoms with van der Waals surface area (Å²) < 4.78 is 19.2. The summed E-state index contributed by atoms with van der Waals surface area (Å²) in [4.78, 5) is 8.05. The van der Waals surface area contributed by atoms with E-state index in [4.69, 9.17) is 10.5 Å². The average Bonchev–Trinajstić information content (AvgIpc) is 3.09. The van der Waals surface area contributed by atoms with E-state index in [0.29, 0.717) is 13.2 Å². The van der Waals surface area contributed by atoms with Crippen molar-refractivity contribution >= 4 is 11.3 Å². The van der Waals surface area contributed by atoms with Crippen LogP contribution in [0.25, 0.3) is 0 Å². The molecule has 0 amide bonds. The zero-order valence-corrected chi connectivity index (χ0v) is 16.8. The van der Waals surface area contributed by atoms with Crippen molar-refractivity contribution in [1.82, 2.24) is 9.88 Å². The standard InChI is InChI=1S/C18H24FN3OS.C2H6/c1-13-18(24-12-21-13)17(10-20)22-7-5-16(6-8-22)23-11-14-3-2-4-15(19)9-14;1-2/h2-4,9,12,16-17H,5-8,10-11,20H2,1H3;1-2H3. The maximum absolute atomic E-state index is 13.2. The van der Waals surface area contributed by atoms with Crippen LogP contribution in [0.5, 0.6) is 0 Å². The smallest absolute Gasteiger partial charge is 0.123 e. The van der Waals surface area contributed by atoms with Crippen LogP contribution in [0.4, 0.5) is 4.39 Å². The van der Waals surface area contributed by atoms with E-state index >= 15 is 0 Å². The number of thiazole rings is 1. The van der Waals surface area contributed by atoms with E-state index in [2.05, 4.69) is 9.88 Å². The minimum Gasteiger partial charge on any atom is -0.373 e. The first-order chi connectivity index (χ1) is 12.7. The van der Waals surface area contributed by atoms with Gasteiger partial charge in [0, 0.05) is 24.5 Å². The number of halogens is 1. The Morgan fingerprint density at radius 1 is 1.35 bits per heavy atom. The minimum absolute atomic E-state index is 0.211. The maximum atomic E-state index is 13.2. The first-order valence-electron chi connectivity index (χ1n) is 9.37. The van der Waals surface area contributed by atoms with Crippen LogP contribution in [0.3, 0.4) is 0 Å². The molecule has 6 heteroatoms. The number of ether oxygens (including phenoxy) is 1. The summed E-state index contributed by atoms with van der Waals surface area (Å²) in [6, 6.07) is 6.86. The van der Waals surface area contributed by atoms with Crippen LogP contribution in [-0.2, 0) is 11.3 Å². The Balaban J connectivity index is 0.00000117. The van der Waals surface area contributed by atoms with Crippen LogP contribution in [0, 0.1) is 12.7 Å². The molecule has 1 saturated heterocycles. The highest BCUT2D eigenvalue weighted by Crippen LogP contribution is 2.29. The van der Waals surface area contributed by atoms with Gasteiger partial charge < -0.3 is 10.5 Å². The van der Waals surface area contributed by atoms with Gasteiger partial charge in [-0.2, -0.15) is 0 Å². The van der Waals surface area contributed by atoms with Gasteiger partial charge in [0.1, 0.15) is 5.82 Å². The van der Waals surface area contributed by atoms with Crippen molar-refractivity contribution < 1.29 is 9.13 Å². The molecule has 4 nitrogen and oxygen atoms in total. The van der Waals surface area contributed by atoms with Gasteiger partial charge in [0.05, 0.1) is 30.0 Å². The highest BCUT2D eigenvalue weighted by molar-refractivity contribution is 7.09. The number of hydrogen-bond acceptors (Lipinski definition) is 5. The molecular formula is C20H30FN3OS. The third-order valence-electron chi connectivity index (χ3n) is 4.60. The summed E-state index contributed by atoms with van der Waals surface area (Å²) in [6.45, 7) is 9.05. The second-order valence-corrected chi connectivity index (χ2v) is 7.12. The van der Waals surface area contributed by atoms with Gasteiger partial charge in [-0.1, -0.05) is 26.0 Å². The molecule has 2 aromatic rings. The highest BCUT2D eigenvalue weighted by Gasteiger charge is 2.27. The molecule has 26 heavy (non-hydrogen) atoms. The zero-order chi connectivity index (χ0) is 18.9. The number of benzene rings is 1. The summed E-state index contributed by atoms with van der Waals surface area (Å²) >= 11 is 1.69.